The fourth-order valence-electron chi connectivity index (χ4n) is 2.25. The first-order valence-corrected chi connectivity index (χ1v) is 7.71. The topological polar surface area (TPSA) is 53.6 Å². The van der Waals surface area contributed by atoms with Crippen molar-refractivity contribution in [2.24, 2.45) is 0 Å². The minimum atomic E-state index is 0.829. The Labute approximate surface area is 122 Å². The number of rotatable bonds is 5. The quantitative estimate of drug-likeness (QED) is 0.754. The molecule has 0 bridgehead atoms. The van der Waals surface area contributed by atoms with Crippen LogP contribution in [0.25, 0.3) is 11.0 Å². The molecule has 1 aromatic carbocycles. The molecule has 20 heavy (non-hydrogen) atoms. The summed E-state index contributed by atoms with van der Waals surface area (Å²) in [5, 5.41) is 4.53. The van der Waals surface area contributed by atoms with Gasteiger partial charge in [0.1, 0.15) is 0 Å². The Balaban J connectivity index is 1.61. The van der Waals surface area contributed by atoms with E-state index in [4.69, 9.17) is 0 Å². The number of benzene rings is 1. The number of hydrogen-bond donors (Lipinski definition) is 2. The van der Waals surface area contributed by atoms with Crippen LogP contribution < -0.4 is 5.32 Å². The number of nitrogens with zero attached hydrogens (tertiary/aromatic N) is 2. The summed E-state index contributed by atoms with van der Waals surface area (Å²) in [5.74, 6) is 0.829. The molecular formula is C15H18N4S. The minimum Gasteiger partial charge on any atom is -0.355 e. The zero-order valence-corrected chi connectivity index (χ0v) is 12.5. The summed E-state index contributed by atoms with van der Waals surface area (Å²) in [4.78, 5) is 13.8. The monoisotopic (exact) mass is 286 g/mol. The van der Waals surface area contributed by atoms with E-state index in [0.717, 1.165) is 36.4 Å². The van der Waals surface area contributed by atoms with Gasteiger partial charge in [-0.05, 0) is 25.5 Å². The summed E-state index contributed by atoms with van der Waals surface area (Å²) < 4.78 is 0. The van der Waals surface area contributed by atoms with Crippen molar-refractivity contribution in [1.82, 2.24) is 15.0 Å². The number of aromatic nitrogens is 3. The summed E-state index contributed by atoms with van der Waals surface area (Å²) in [5.41, 5.74) is 3.29. The summed E-state index contributed by atoms with van der Waals surface area (Å²) >= 11 is 1.80. The number of nitrogens with one attached hydrogen (secondary N) is 2. The molecule has 0 aliphatic heterocycles. The van der Waals surface area contributed by atoms with Gasteiger partial charge in [0, 0.05) is 17.8 Å². The Bertz CT molecular complexity index is 681. The summed E-state index contributed by atoms with van der Waals surface area (Å²) in [6, 6.07) is 8.05. The van der Waals surface area contributed by atoms with E-state index in [0.29, 0.717) is 0 Å². The van der Waals surface area contributed by atoms with Gasteiger partial charge in [0.2, 0.25) is 5.95 Å². The second kappa shape index (κ2) is 5.63. The number of aryl methyl sites for hydroxylation is 2. The maximum absolute atomic E-state index is 4.65. The highest BCUT2D eigenvalue weighted by atomic mass is 32.1. The normalized spacial score (nSPS) is 11.1. The molecular weight excluding hydrogens is 268 g/mol. The van der Waals surface area contributed by atoms with Crippen molar-refractivity contribution in [3.63, 3.8) is 0 Å². The van der Waals surface area contributed by atoms with Crippen LogP contribution in [0.4, 0.5) is 5.95 Å². The number of hydrogen-bond acceptors (Lipinski definition) is 4. The molecule has 0 amide bonds. The lowest BCUT2D eigenvalue weighted by atomic mass is 10.3. The predicted octanol–water partition coefficient (Wildman–Crippen LogP) is 3.54. The Morgan fingerprint density at radius 3 is 2.85 bits per heavy atom. The van der Waals surface area contributed by atoms with Crippen LogP contribution >= 0.6 is 11.3 Å². The maximum Gasteiger partial charge on any atom is 0.201 e. The van der Waals surface area contributed by atoms with Crippen molar-refractivity contribution in [2.45, 2.75) is 26.7 Å². The molecule has 0 unspecified atom stereocenters. The second-order valence-corrected chi connectivity index (χ2v) is 6.03. The number of para-hydroxylation sites is 2. The van der Waals surface area contributed by atoms with Crippen molar-refractivity contribution in [3.05, 3.63) is 39.8 Å². The lowest BCUT2D eigenvalue weighted by Gasteiger charge is -1.99. The van der Waals surface area contributed by atoms with E-state index in [9.17, 15) is 0 Å². The van der Waals surface area contributed by atoms with Crippen LogP contribution in [0.1, 0.15) is 22.5 Å². The highest BCUT2D eigenvalue weighted by Crippen LogP contribution is 2.18. The smallest absolute Gasteiger partial charge is 0.201 e. The summed E-state index contributed by atoms with van der Waals surface area (Å²) in [6.45, 7) is 5.14. The molecule has 0 atom stereocenters. The number of anilines is 1. The maximum atomic E-state index is 4.65. The zero-order valence-electron chi connectivity index (χ0n) is 11.7. The van der Waals surface area contributed by atoms with Crippen LogP contribution in [-0.4, -0.2) is 21.5 Å². The fourth-order valence-corrected chi connectivity index (χ4v) is 3.27. The summed E-state index contributed by atoms with van der Waals surface area (Å²) in [6.07, 6.45) is 1.95. The average Bonchev–Trinajstić information content (AvgIpc) is 3.01. The molecule has 104 valence electrons. The van der Waals surface area contributed by atoms with Gasteiger partial charge < -0.3 is 10.3 Å². The van der Waals surface area contributed by atoms with E-state index in [1.54, 1.807) is 11.3 Å². The number of imidazole rings is 1. The molecule has 4 nitrogen and oxygen atoms in total. The van der Waals surface area contributed by atoms with Gasteiger partial charge in [-0.2, -0.15) is 0 Å². The first-order valence-electron chi connectivity index (χ1n) is 6.90. The molecule has 2 aromatic heterocycles. The summed E-state index contributed by atoms with van der Waals surface area (Å²) in [7, 11) is 0. The van der Waals surface area contributed by atoms with Gasteiger partial charge >= 0.3 is 0 Å². The van der Waals surface area contributed by atoms with E-state index in [2.05, 4.69) is 34.1 Å². The van der Waals surface area contributed by atoms with Crippen LogP contribution in [0.5, 0.6) is 0 Å². The standard InChI is InChI=1S/C15H18N4S/c1-3-11-10(2)20-14(17-11)8-9-16-15-18-12-6-4-5-7-13(12)19-15/h4-7H,3,8-9H2,1-2H3,(H2,16,18,19). The molecule has 3 rings (SSSR count). The van der Waals surface area contributed by atoms with Crippen molar-refractivity contribution in [1.29, 1.82) is 0 Å². The molecule has 5 heteroatoms. The molecule has 0 saturated heterocycles. The third-order valence-electron chi connectivity index (χ3n) is 3.29. The number of H-pyrrole nitrogens is 1. The van der Waals surface area contributed by atoms with Crippen LogP contribution in [0, 0.1) is 6.92 Å². The van der Waals surface area contributed by atoms with Gasteiger partial charge in [-0.3, -0.25) is 0 Å². The molecule has 0 radical (unpaired) electrons. The molecule has 2 heterocycles. The van der Waals surface area contributed by atoms with Crippen molar-refractivity contribution >= 4 is 28.3 Å². The fraction of sp³-hybridized carbons (Fsp3) is 0.333. The lowest BCUT2D eigenvalue weighted by Crippen LogP contribution is -2.05. The third kappa shape index (κ3) is 2.67. The SMILES string of the molecule is CCc1nc(CCNc2nc3ccccc3[nH]2)sc1C. The van der Waals surface area contributed by atoms with E-state index in [1.165, 1.54) is 15.6 Å². The zero-order chi connectivity index (χ0) is 13.9. The number of thiazole rings is 1. The van der Waals surface area contributed by atoms with E-state index < -0.39 is 0 Å². The van der Waals surface area contributed by atoms with Gasteiger partial charge in [0.25, 0.3) is 0 Å². The van der Waals surface area contributed by atoms with Crippen LogP contribution in [-0.2, 0) is 12.8 Å². The van der Waals surface area contributed by atoms with Gasteiger partial charge in [-0.1, -0.05) is 19.1 Å². The minimum absolute atomic E-state index is 0.829. The molecule has 2 N–H and O–H groups in total. The van der Waals surface area contributed by atoms with Crippen LogP contribution in [0.3, 0.4) is 0 Å². The van der Waals surface area contributed by atoms with Gasteiger partial charge in [-0.15, -0.1) is 11.3 Å². The molecule has 0 aliphatic rings. The van der Waals surface area contributed by atoms with Crippen LogP contribution in [0.2, 0.25) is 0 Å². The van der Waals surface area contributed by atoms with Gasteiger partial charge in [0.05, 0.1) is 21.7 Å². The molecule has 0 spiro atoms. The highest BCUT2D eigenvalue weighted by Gasteiger charge is 2.06. The van der Waals surface area contributed by atoms with Gasteiger partial charge in [-0.25, -0.2) is 9.97 Å². The van der Waals surface area contributed by atoms with Crippen molar-refractivity contribution in [2.75, 3.05) is 11.9 Å². The van der Waals surface area contributed by atoms with Crippen LogP contribution in [0.15, 0.2) is 24.3 Å². The first-order chi connectivity index (χ1) is 9.76. The van der Waals surface area contributed by atoms with Crippen molar-refractivity contribution < 1.29 is 0 Å². The third-order valence-corrected chi connectivity index (χ3v) is 4.37. The second-order valence-electron chi connectivity index (χ2n) is 4.74. The Morgan fingerprint density at radius 2 is 2.10 bits per heavy atom. The van der Waals surface area contributed by atoms with Gasteiger partial charge in [0.15, 0.2) is 0 Å². The number of aromatic amines is 1. The molecule has 0 aliphatic carbocycles. The Morgan fingerprint density at radius 1 is 1.25 bits per heavy atom. The van der Waals surface area contributed by atoms with Crippen molar-refractivity contribution in [3.8, 4) is 0 Å². The lowest BCUT2D eigenvalue weighted by molar-refractivity contribution is 0.948. The Hall–Kier alpha value is -1.88. The van der Waals surface area contributed by atoms with E-state index in [1.807, 2.05) is 24.3 Å². The van der Waals surface area contributed by atoms with E-state index >= 15 is 0 Å². The molecule has 0 saturated carbocycles. The first kappa shape index (κ1) is 13.1. The molecule has 3 aromatic rings. The highest BCUT2D eigenvalue weighted by molar-refractivity contribution is 7.11. The predicted molar refractivity (Wildman–Crippen MR) is 84.5 cm³/mol. The Kier molecular flexibility index (Phi) is 3.69. The number of fused-ring (bicyclic) bond motifs is 1. The largest absolute Gasteiger partial charge is 0.355 e. The average molecular weight is 286 g/mol. The molecule has 0 fully saturated rings. The van der Waals surface area contributed by atoms with E-state index in [-0.39, 0.29) is 0 Å².